The number of hydrogen-bond acceptors (Lipinski definition) is 3. The van der Waals surface area contributed by atoms with Gasteiger partial charge in [-0.25, -0.2) is 17.6 Å². The summed E-state index contributed by atoms with van der Waals surface area (Å²) < 4.78 is 36.8. The normalized spacial score (nSPS) is 20.3. The molecule has 0 radical (unpaired) electrons. The lowest BCUT2D eigenvalue weighted by Gasteiger charge is -2.26. The van der Waals surface area contributed by atoms with Crippen molar-refractivity contribution in [1.82, 2.24) is 10.6 Å². The summed E-state index contributed by atoms with van der Waals surface area (Å²) in [5, 5.41) is 5.34. The predicted octanol–water partition coefficient (Wildman–Crippen LogP) is 2.24. The van der Waals surface area contributed by atoms with Crippen molar-refractivity contribution in [2.45, 2.75) is 31.7 Å². The van der Waals surface area contributed by atoms with Crippen molar-refractivity contribution in [1.29, 1.82) is 0 Å². The Morgan fingerprint density at radius 1 is 1.43 bits per heavy atom. The van der Waals surface area contributed by atoms with Crippen LogP contribution in [0.2, 0.25) is 5.02 Å². The molecule has 0 aliphatic carbocycles. The van der Waals surface area contributed by atoms with E-state index in [1.54, 1.807) is 26.0 Å². The summed E-state index contributed by atoms with van der Waals surface area (Å²) in [6, 6.07) is 3.93. The molecular formula is C15H20ClFN2O3S. The molecular weight excluding hydrogens is 343 g/mol. The van der Waals surface area contributed by atoms with E-state index in [4.69, 9.17) is 11.6 Å². The fourth-order valence-corrected chi connectivity index (χ4v) is 4.42. The van der Waals surface area contributed by atoms with Crippen LogP contribution in [0.15, 0.2) is 18.2 Å². The van der Waals surface area contributed by atoms with E-state index >= 15 is 0 Å². The molecule has 1 aromatic rings. The number of benzene rings is 1. The number of amides is 2. The van der Waals surface area contributed by atoms with Crippen LogP contribution >= 0.6 is 11.6 Å². The number of urea groups is 1. The first-order chi connectivity index (χ1) is 10.6. The molecule has 1 atom stereocenters. The SMILES string of the molecule is CC(C)(CNC(=O)NC1CCS(=O)(=O)C1)c1cccc(Cl)c1F. The van der Waals surface area contributed by atoms with Crippen molar-refractivity contribution in [2.75, 3.05) is 18.1 Å². The smallest absolute Gasteiger partial charge is 0.315 e. The van der Waals surface area contributed by atoms with Crippen LogP contribution in [0.1, 0.15) is 25.8 Å². The maximum Gasteiger partial charge on any atom is 0.315 e. The fraction of sp³-hybridized carbons (Fsp3) is 0.533. The Labute approximate surface area is 140 Å². The van der Waals surface area contributed by atoms with Crippen LogP contribution in [-0.2, 0) is 15.3 Å². The Bertz CT molecular complexity index is 707. The molecule has 23 heavy (non-hydrogen) atoms. The summed E-state index contributed by atoms with van der Waals surface area (Å²) >= 11 is 5.79. The van der Waals surface area contributed by atoms with Crippen molar-refractivity contribution in [3.05, 3.63) is 34.6 Å². The molecule has 5 nitrogen and oxygen atoms in total. The Morgan fingerprint density at radius 2 is 2.13 bits per heavy atom. The van der Waals surface area contributed by atoms with Gasteiger partial charge in [0.15, 0.2) is 9.84 Å². The van der Waals surface area contributed by atoms with Crippen LogP contribution in [0.25, 0.3) is 0 Å². The highest BCUT2D eigenvalue weighted by molar-refractivity contribution is 7.91. The molecule has 0 spiro atoms. The zero-order valence-corrected chi connectivity index (χ0v) is 14.6. The molecule has 1 aliphatic heterocycles. The number of hydrogen-bond donors (Lipinski definition) is 2. The highest BCUT2D eigenvalue weighted by atomic mass is 35.5. The van der Waals surface area contributed by atoms with Gasteiger partial charge in [-0.3, -0.25) is 0 Å². The molecule has 1 saturated heterocycles. The summed E-state index contributed by atoms with van der Waals surface area (Å²) in [5.41, 5.74) is -0.248. The number of carbonyl (C=O) groups is 1. The average molecular weight is 363 g/mol. The monoisotopic (exact) mass is 362 g/mol. The number of nitrogens with one attached hydrogen (secondary N) is 2. The van der Waals surface area contributed by atoms with E-state index in [2.05, 4.69) is 10.6 Å². The molecule has 0 saturated carbocycles. The summed E-state index contributed by atoms with van der Waals surface area (Å²) in [5.74, 6) is -0.438. The zero-order valence-electron chi connectivity index (χ0n) is 13.0. The van der Waals surface area contributed by atoms with Crippen LogP contribution in [0, 0.1) is 5.82 Å². The first-order valence-electron chi connectivity index (χ1n) is 7.30. The second-order valence-electron chi connectivity index (χ2n) is 6.41. The van der Waals surface area contributed by atoms with E-state index in [1.165, 1.54) is 6.07 Å². The van der Waals surface area contributed by atoms with E-state index in [0.29, 0.717) is 12.0 Å². The number of rotatable bonds is 4. The molecule has 2 amide bonds. The minimum Gasteiger partial charge on any atom is -0.337 e. The third kappa shape index (κ3) is 4.57. The maximum absolute atomic E-state index is 14.1. The molecule has 1 aromatic carbocycles. The fourth-order valence-electron chi connectivity index (χ4n) is 2.57. The first-order valence-corrected chi connectivity index (χ1v) is 9.50. The quantitative estimate of drug-likeness (QED) is 0.862. The van der Waals surface area contributed by atoms with Crippen molar-refractivity contribution in [3.63, 3.8) is 0 Å². The molecule has 2 rings (SSSR count). The lowest BCUT2D eigenvalue weighted by molar-refractivity contribution is 0.235. The Kier molecular flexibility index (Phi) is 5.20. The Balaban J connectivity index is 1.94. The predicted molar refractivity (Wildman–Crippen MR) is 88.0 cm³/mol. The topological polar surface area (TPSA) is 75.3 Å². The minimum atomic E-state index is -3.04. The Hall–Kier alpha value is -1.34. The summed E-state index contributed by atoms with van der Waals surface area (Å²) in [6.45, 7) is 3.78. The minimum absolute atomic E-state index is 0.0350. The summed E-state index contributed by atoms with van der Waals surface area (Å²) in [6.07, 6.45) is 0.419. The van der Waals surface area contributed by atoms with Crippen LogP contribution in [-0.4, -0.2) is 38.5 Å². The van der Waals surface area contributed by atoms with Crippen LogP contribution in [0.5, 0.6) is 0 Å². The summed E-state index contributed by atoms with van der Waals surface area (Å²) in [7, 11) is -3.04. The third-order valence-corrected chi connectivity index (χ3v) is 6.00. The van der Waals surface area contributed by atoms with Crippen molar-refractivity contribution in [2.24, 2.45) is 0 Å². The molecule has 0 bridgehead atoms. The third-order valence-electron chi connectivity index (χ3n) is 3.94. The molecule has 1 heterocycles. The van der Waals surface area contributed by atoms with Gasteiger partial charge < -0.3 is 10.6 Å². The van der Waals surface area contributed by atoms with Crippen molar-refractivity contribution < 1.29 is 17.6 Å². The van der Waals surface area contributed by atoms with Gasteiger partial charge >= 0.3 is 6.03 Å². The molecule has 0 aromatic heterocycles. The van der Waals surface area contributed by atoms with Gasteiger partial charge in [0.05, 0.1) is 16.5 Å². The highest BCUT2D eigenvalue weighted by Crippen LogP contribution is 2.28. The zero-order chi connectivity index (χ0) is 17.3. The van der Waals surface area contributed by atoms with Gasteiger partial charge in [-0.2, -0.15) is 0 Å². The van der Waals surface area contributed by atoms with Crippen LogP contribution in [0.4, 0.5) is 9.18 Å². The average Bonchev–Trinajstić information content (AvgIpc) is 2.78. The van der Waals surface area contributed by atoms with Crippen molar-refractivity contribution >= 4 is 27.5 Å². The van der Waals surface area contributed by atoms with Gasteiger partial charge in [-0.1, -0.05) is 37.6 Å². The van der Waals surface area contributed by atoms with Crippen LogP contribution < -0.4 is 10.6 Å². The van der Waals surface area contributed by atoms with Crippen LogP contribution in [0.3, 0.4) is 0 Å². The van der Waals surface area contributed by atoms with Gasteiger partial charge in [-0.05, 0) is 18.1 Å². The molecule has 1 aliphatic rings. The maximum atomic E-state index is 14.1. The number of sulfone groups is 1. The second kappa shape index (κ2) is 6.65. The van der Waals surface area contributed by atoms with E-state index in [1.807, 2.05) is 0 Å². The molecule has 2 N–H and O–H groups in total. The lowest BCUT2D eigenvalue weighted by Crippen LogP contribution is -2.46. The summed E-state index contributed by atoms with van der Waals surface area (Å²) in [4.78, 5) is 11.9. The van der Waals surface area contributed by atoms with Crippen molar-refractivity contribution in [3.8, 4) is 0 Å². The number of halogens is 2. The van der Waals surface area contributed by atoms with Gasteiger partial charge in [0.1, 0.15) is 5.82 Å². The van der Waals surface area contributed by atoms with E-state index < -0.39 is 27.1 Å². The number of carbonyl (C=O) groups excluding carboxylic acids is 1. The first kappa shape index (κ1) is 18.0. The Morgan fingerprint density at radius 3 is 2.74 bits per heavy atom. The molecule has 1 fully saturated rings. The molecule has 1 unspecified atom stereocenters. The lowest BCUT2D eigenvalue weighted by atomic mass is 9.84. The van der Waals surface area contributed by atoms with Gasteiger partial charge in [0.2, 0.25) is 0 Å². The molecule has 8 heteroatoms. The molecule has 128 valence electrons. The van der Waals surface area contributed by atoms with Gasteiger partial charge in [0.25, 0.3) is 0 Å². The largest absolute Gasteiger partial charge is 0.337 e. The van der Waals surface area contributed by atoms with E-state index in [-0.39, 0.29) is 29.1 Å². The highest BCUT2D eigenvalue weighted by Gasteiger charge is 2.30. The second-order valence-corrected chi connectivity index (χ2v) is 9.05. The standard InChI is InChI=1S/C15H20ClFN2O3S/c1-15(2,11-4-3-5-12(16)13(11)17)9-18-14(20)19-10-6-7-23(21,22)8-10/h3-5,10H,6-9H2,1-2H3,(H2,18,19,20). The van der Waals surface area contributed by atoms with E-state index in [9.17, 15) is 17.6 Å². The van der Waals surface area contributed by atoms with E-state index in [0.717, 1.165) is 0 Å². The van der Waals surface area contributed by atoms with Gasteiger partial charge in [0, 0.05) is 18.0 Å². The van der Waals surface area contributed by atoms with Gasteiger partial charge in [-0.15, -0.1) is 0 Å².